The topological polar surface area (TPSA) is 57.5 Å². The molecule has 0 aromatic heterocycles. The largest absolute Gasteiger partial charge is 0.393 e. The predicted octanol–water partition coefficient (Wildman–Crippen LogP) is 2.93. The molecule has 0 radical (unpaired) electrons. The molecule has 4 aliphatic carbocycles. The maximum Gasteiger partial charge on any atom is 0.133 e. The van der Waals surface area contributed by atoms with Crippen molar-refractivity contribution >= 4 is 5.78 Å². The van der Waals surface area contributed by atoms with E-state index < -0.39 is 0 Å². The van der Waals surface area contributed by atoms with Gasteiger partial charge in [0.2, 0.25) is 0 Å². The number of aliphatic hydroxyl groups is 2. The first kappa shape index (κ1) is 15.1. The SMILES string of the molecule is C[C@]12CC[C@H]3[C@@H](C[C@@H](O)[C@H]4C[C@@H](O)CC[C@@]43C)[C@@H]1CC(=O)C2. The van der Waals surface area contributed by atoms with E-state index in [0.29, 0.717) is 23.5 Å². The van der Waals surface area contributed by atoms with E-state index in [1.165, 1.54) is 12.8 Å². The minimum Gasteiger partial charge on any atom is -0.393 e. The molecule has 3 heteroatoms. The molecule has 0 saturated heterocycles. The number of fused-ring (bicyclic) bond motifs is 5. The zero-order valence-corrected chi connectivity index (χ0v) is 13.9. The van der Waals surface area contributed by atoms with Gasteiger partial charge in [-0.25, -0.2) is 0 Å². The molecule has 0 unspecified atom stereocenters. The van der Waals surface area contributed by atoms with Crippen LogP contribution in [0.5, 0.6) is 0 Å². The van der Waals surface area contributed by atoms with E-state index in [1.807, 2.05) is 0 Å². The normalized spacial score (nSPS) is 57.9. The highest BCUT2D eigenvalue weighted by atomic mass is 16.3. The molecule has 8 atom stereocenters. The lowest BCUT2D eigenvalue weighted by atomic mass is 9.44. The minimum absolute atomic E-state index is 0.161. The molecule has 4 aliphatic rings. The van der Waals surface area contributed by atoms with Crippen LogP contribution < -0.4 is 0 Å². The van der Waals surface area contributed by atoms with Crippen molar-refractivity contribution < 1.29 is 15.0 Å². The Morgan fingerprint density at radius 1 is 1.00 bits per heavy atom. The average molecular weight is 306 g/mol. The lowest BCUT2D eigenvalue weighted by Gasteiger charge is -2.61. The first-order valence-corrected chi connectivity index (χ1v) is 9.21. The molecule has 0 heterocycles. The summed E-state index contributed by atoms with van der Waals surface area (Å²) in [6.45, 7) is 4.67. The molecule has 0 spiro atoms. The van der Waals surface area contributed by atoms with E-state index >= 15 is 0 Å². The lowest BCUT2D eigenvalue weighted by Crippen LogP contribution is -2.57. The van der Waals surface area contributed by atoms with Gasteiger partial charge in [-0.2, -0.15) is 0 Å². The summed E-state index contributed by atoms with van der Waals surface area (Å²) in [6.07, 6.45) is 6.89. The maximum absolute atomic E-state index is 12.1. The van der Waals surface area contributed by atoms with Gasteiger partial charge in [-0.05, 0) is 73.0 Å². The maximum atomic E-state index is 12.1. The molecule has 124 valence electrons. The summed E-state index contributed by atoms with van der Waals surface area (Å²) in [5.41, 5.74) is 0.351. The fourth-order valence-corrected chi connectivity index (χ4v) is 7.06. The Hall–Kier alpha value is -0.410. The predicted molar refractivity (Wildman–Crippen MR) is 84.1 cm³/mol. The molecular formula is C19H30O3. The van der Waals surface area contributed by atoms with Crippen LogP contribution in [0.2, 0.25) is 0 Å². The third-order valence-corrected chi connectivity index (χ3v) is 8.22. The Balaban J connectivity index is 1.67. The number of hydrogen-bond acceptors (Lipinski definition) is 3. The van der Waals surface area contributed by atoms with Crippen molar-refractivity contribution in [2.45, 2.75) is 77.4 Å². The van der Waals surface area contributed by atoms with Crippen molar-refractivity contribution in [2.75, 3.05) is 0 Å². The standard InChI is InChI=1S/C19H30O3/c1-18-5-4-14-13(15(18)8-12(21)10-18)9-17(22)16-7-11(20)3-6-19(14,16)2/h11,13-17,20,22H,3-10H2,1-2H3/t11-,13+,14-,15-,16+,17+,18+,19+/m0/s1. The van der Waals surface area contributed by atoms with Crippen LogP contribution in [-0.4, -0.2) is 28.2 Å². The van der Waals surface area contributed by atoms with Gasteiger partial charge in [0.15, 0.2) is 0 Å². The summed E-state index contributed by atoms with van der Waals surface area (Å²) in [4.78, 5) is 12.1. The van der Waals surface area contributed by atoms with Crippen LogP contribution in [0.3, 0.4) is 0 Å². The number of Topliss-reactive ketones (excluding diaryl/α,β-unsaturated/α-hetero) is 1. The van der Waals surface area contributed by atoms with Gasteiger partial charge in [0.05, 0.1) is 12.2 Å². The quantitative estimate of drug-likeness (QED) is 0.723. The minimum atomic E-state index is -0.292. The van der Waals surface area contributed by atoms with Crippen molar-refractivity contribution in [1.29, 1.82) is 0 Å². The van der Waals surface area contributed by atoms with Crippen LogP contribution in [0, 0.1) is 34.5 Å². The third-order valence-electron chi connectivity index (χ3n) is 8.22. The smallest absolute Gasteiger partial charge is 0.133 e. The van der Waals surface area contributed by atoms with E-state index in [9.17, 15) is 15.0 Å². The first-order valence-electron chi connectivity index (χ1n) is 9.21. The van der Waals surface area contributed by atoms with Crippen molar-refractivity contribution in [3.63, 3.8) is 0 Å². The molecular weight excluding hydrogens is 276 g/mol. The summed E-state index contributed by atoms with van der Waals surface area (Å²) in [7, 11) is 0. The summed E-state index contributed by atoms with van der Waals surface area (Å²) < 4.78 is 0. The van der Waals surface area contributed by atoms with Crippen molar-refractivity contribution in [3.8, 4) is 0 Å². The van der Waals surface area contributed by atoms with Crippen LogP contribution in [0.1, 0.15) is 65.2 Å². The second kappa shape index (κ2) is 4.80. The number of aliphatic hydroxyl groups excluding tert-OH is 2. The second-order valence-corrected chi connectivity index (χ2v) is 9.33. The molecule has 4 rings (SSSR count). The Morgan fingerprint density at radius 3 is 2.55 bits per heavy atom. The molecule has 2 N–H and O–H groups in total. The van der Waals surface area contributed by atoms with E-state index in [-0.39, 0.29) is 29.0 Å². The Bertz CT molecular complexity index is 489. The van der Waals surface area contributed by atoms with Crippen LogP contribution in [0.4, 0.5) is 0 Å². The van der Waals surface area contributed by atoms with Gasteiger partial charge < -0.3 is 10.2 Å². The van der Waals surface area contributed by atoms with Gasteiger partial charge in [0.25, 0.3) is 0 Å². The summed E-state index contributed by atoms with van der Waals surface area (Å²) in [5, 5.41) is 20.8. The number of hydrogen-bond donors (Lipinski definition) is 2. The number of rotatable bonds is 0. The highest BCUT2D eigenvalue weighted by Crippen LogP contribution is 2.65. The first-order chi connectivity index (χ1) is 10.3. The molecule has 4 fully saturated rings. The molecule has 0 aromatic carbocycles. The Labute approximate surface area is 133 Å². The molecule has 22 heavy (non-hydrogen) atoms. The lowest BCUT2D eigenvalue weighted by molar-refractivity contribution is -0.167. The van der Waals surface area contributed by atoms with Gasteiger partial charge in [-0.15, -0.1) is 0 Å². The monoisotopic (exact) mass is 306 g/mol. The van der Waals surface area contributed by atoms with E-state index in [4.69, 9.17) is 0 Å². The summed E-state index contributed by atoms with van der Waals surface area (Å²) in [6, 6.07) is 0. The molecule has 4 saturated carbocycles. The molecule has 0 bridgehead atoms. The molecule has 0 amide bonds. The fourth-order valence-electron chi connectivity index (χ4n) is 7.06. The molecule has 0 aliphatic heterocycles. The van der Waals surface area contributed by atoms with E-state index in [2.05, 4.69) is 13.8 Å². The number of carbonyl (C=O) groups excluding carboxylic acids is 1. The van der Waals surface area contributed by atoms with Crippen LogP contribution in [-0.2, 0) is 4.79 Å². The van der Waals surface area contributed by atoms with Gasteiger partial charge >= 0.3 is 0 Å². The van der Waals surface area contributed by atoms with Crippen LogP contribution in [0.15, 0.2) is 0 Å². The van der Waals surface area contributed by atoms with Gasteiger partial charge in [-0.1, -0.05) is 13.8 Å². The Kier molecular flexibility index (Phi) is 3.30. The zero-order chi connectivity index (χ0) is 15.7. The Morgan fingerprint density at radius 2 is 1.77 bits per heavy atom. The van der Waals surface area contributed by atoms with E-state index in [0.717, 1.165) is 38.5 Å². The summed E-state index contributed by atoms with van der Waals surface area (Å²) >= 11 is 0. The van der Waals surface area contributed by atoms with Crippen molar-refractivity contribution in [2.24, 2.45) is 34.5 Å². The van der Waals surface area contributed by atoms with Gasteiger partial charge in [-0.3, -0.25) is 4.79 Å². The highest BCUT2D eigenvalue weighted by Gasteiger charge is 2.61. The third kappa shape index (κ3) is 1.97. The van der Waals surface area contributed by atoms with Crippen LogP contribution >= 0.6 is 0 Å². The average Bonchev–Trinajstić information content (AvgIpc) is 2.76. The molecule has 0 aromatic rings. The fraction of sp³-hybridized carbons (Fsp3) is 0.947. The van der Waals surface area contributed by atoms with Crippen LogP contribution in [0.25, 0.3) is 0 Å². The zero-order valence-electron chi connectivity index (χ0n) is 13.9. The number of ketones is 1. The van der Waals surface area contributed by atoms with Gasteiger partial charge in [0, 0.05) is 12.8 Å². The van der Waals surface area contributed by atoms with Crippen molar-refractivity contribution in [3.05, 3.63) is 0 Å². The van der Waals surface area contributed by atoms with E-state index in [1.54, 1.807) is 0 Å². The highest BCUT2D eigenvalue weighted by molar-refractivity contribution is 5.82. The second-order valence-electron chi connectivity index (χ2n) is 9.33. The summed E-state index contributed by atoms with van der Waals surface area (Å²) in [5.74, 6) is 2.32. The molecule has 3 nitrogen and oxygen atoms in total. The van der Waals surface area contributed by atoms with Gasteiger partial charge in [0.1, 0.15) is 5.78 Å². The van der Waals surface area contributed by atoms with Crippen molar-refractivity contribution in [1.82, 2.24) is 0 Å². The number of carbonyl (C=O) groups is 1.